The number of nitrogens with one attached hydrogen (secondary N) is 2. The van der Waals surface area contributed by atoms with Crippen LogP contribution in [0.2, 0.25) is 0 Å². The molecule has 0 atom stereocenters. The SMILES string of the molecule is Cc1c(-c2ccnc(-n3ncc4cc(C(C)(C)C)cc(F)c4c3=O)c2CO)c[nH]c(=O)c1NC(=O)C1CC1. The Bertz CT molecular complexity index is 1710. The minimum Gasteiger partial charge on any atom is -0.392 e. The number of aromatic nitrogens is 4. The number of pyridine rings is 2. The summed E-state index contributed by atoms with van der Waals surface area (Å²) in [6.07, 6.45) is 5.90. The van der Waals surface area contributed by atoms with E-state index in [0.717, 1.165) is 23.1 Å². The zero-order valence-corrected chi connectivity index (χ0v) is 21.6. The zero-order valence-electron chi connectivity index (χ0n) is 21.6. The molecule has 0 radical (unpaired) electrons. The fourth-order valence-electron chi connectivity index (χ4n) is 4.51. The number of nitrogens with zero attached hydrogens (tertiary/aromatic N) is 3. The van der Waals surface area contributed by atoms with E-state index in [-0.39, 0.29) is 39.7 Å². The summed E-state index contributed by atoms with van der Waals surface area (Å²) in [4.78, 5) is 45.2. The molecule has 1 fully saturated rings. The number of benzene rings is 1. The van der Waals surface area contributed by atoms with Crippen LogP contribution in [0, 0.1) is 18.7 Å². The van der Waals surface area contributed by atoms with Crippen LogP contribution >= 0.6 is 0 Å². The van der Waals surface area contributed by atoms with E-state index in [4.69, 9.17) is 0 Å². The third kappa shape index (κ3) is 4.41. The molecule has 1 aromatic carbocycles. The molecule has 3 N–H and O–H groups in total. The third-order valence-electron chi connectivity index (χ3n) is 6.94. The van der Waals surface area contributed by atoms with Crippen LogP contribution in [0.15, 0.2) is 46.4 Å². The van der Waals surface area contributed by atoms with Gasteiger partial charge >= 0.3 is 0 Å². The van der Waals surface area contributed by atoms with Crippen molar-refractivity contribution >= 4 is 22.4 Å². The second-order valence-corrected chi connectivity index (χ2v) is 10.6. The highest BCUT2D eigenvalue weighted by molar-refractivity contribution is 5.95. The summed E-state index contributed by atoms with van der Waals surface area (Å²) in [6.45, 7) is 7.03. The Hall–Kier alpha value is -4.18. The molecule has 38 heavy (non-hydrogen) atoms. The van der Waals surface area contributed by atoms with E-state index in [1.165, 1.54) is 24.7 Å². The Morgan fingerprint density at radius 2 is 1.97 bits per heavy atom. The van der Waals surface area contributed by atoms with E-state index in [1.54, 1.807) is 19.1 Å². The predicted octanol–water partition coefficient (Wildman–Crippen LogP) is 3.72. The molecule has 1 aliphatic carbocycles. The van der Waals surface area contributed by atoms with Crippen molar-refractivity contribution in [2.45, 2.75) is 52.6 Å². The number of H-pyrrole nitrogens is 1. The number of hydrogen-bond donors (Lipinski definition) is 3. The van der Waals surface area contributed by atoms with E-state index in [9.17, 15) is 19.5 Å². The number of anilines is 1. The van der Waals surface area contributed by atoms with Gasteiger partial charge in [-0.15, -0.1) is 0 Å². The number of carbonyl (C=O) groups is 1. The number of aromatic amines is 1. The van der Waals surface area contributed by atoms with E-state index in [0.29, 0.717) is 22.1 Å². The molecular formula is C28H28FN5O4. The summed E-state index contributed by atoms with van der Waals surface area (Å²) in [7, 11) is 0. The minimum absolute atomic E-state index is 0.0327. The molecule has 0 bridgehead atoms. The van der Waals surface area contributed by atoms with Crippen LogP contribution < -0.4 is 16.4 Å². The molecule has 0 unspecified atom stereocenters. The number of hydrogen-bond acceptors (Lipinski definition) is 6. The fourth-order valence-corrected chi connectivity index (χ4v) is 4.51. The maximum absolute atomic E-state index is 15.2. The molecule has 5 rings (SSSR count). The van der Waals surface area contributed by atoms with Crippen LogP contribution in [-0.2, 0) is 16.8 Å². The van der Waals surface area contributed by atoms with Crippen molar-refractivity contribution in [3.8, 4) is 16.9 Å². The van der Waals surface area contributed by atoms with Crippen molar-refractivity contribution in [2.75, 3.05) is 5.32 Å². The van der Waals surface area contributed by atoms with Gasteiger partial charge in [0, 0.05) is 34.8 Å². The lowest BCUT2D eigenvalue weighted by molar-refractivity contribution is -0.117. The number of halogens is 1. The van der Waals surface area contributed by atoms with Gasteiger partial charge in [0.2, 0.25) is 5.91 Å². The number of carbonyl (C=O) groups excluding carboxylic acids is 1. The maximum atomic E-state index is 15.2. The minimum atomic E-state index is -0.713. The van der Waals surface area contributed by atoms with Gasteiger partial charge in [-0.3, -0.25) is 14.4 Å². The molecule has 3 aromatic heterocycles. The Balaban J connectivity index is 1.66. The molecule has 0 aliphatic heterocycles. The molecule has 0 saturated heterocycles. The van der Waals surface area contributed by atoms with Crippen molar-refractivity contribution in [3.63, 3.8) is 0 Å². The smallest absolute Gasteiger partial charge is 0.283 e. The van der Waals surface area contributed by atoms with Crippen LogP contribution in [0.4, 0.5) is 10.1 Å². The van der Waals surface area contributed by atoms with Gasteiger partial charge in [-0.25, -0.2) is 9.37 Å². The van der Waals surface area contributed by atoms with E-state index < -0.39 is 23.5 Å². The van der Waals surface area contributed by atoms with E-state index >= 15 is 4.39 Å². The van der Waals surface area contributed by atoms with Crippen molar-refractivity contribution in [1.82, 2.24) is 19.7 Å². The highest BCUT2D eigenvalue weighted by atomic mass is 19.1. The molecule has 1 saturated carbocycles. The summed E-state index contributed by atoms with van der Waals surface area (Å²) in [5, 5.41) is 17.6. The van der Waals surface area contributed by atoms with Crippen LogP contribution in [0.25, 0.3) is 27.7 Å². The molecule has 9 nitrogen and oxygen atoms in total. The van der Waals surface area contributed by atoms with Gasteiger partial charge in [0.05, 0.1) is 18.2 Å². The normalized spacial score (nSPS) is 13.6. The lowest BCUT2D eigenvalue weighted by Gasteiger charge is -2.20. The van der Waals surface area contributed by atoms with Crippen molar-refractivity contribution in [2.24, 2.45) is 5.92 Å². The van der Waals surface area contributed by atoms with Gasteiger partial charge in [-0.05, 0) is 60.1 Å². The first-order chi connectivity index (χ1) is 18.0. The number of amides is 1. The maximum Gasteiger partial charge on any atom is 0.283 e. The average molecular weight is 518 g/mol. The van der Waals surface area contributed by atoms with Gasteiger partial charge in [-0.2, -0.15) is 9.78 Å². The first-order valence-corrected chi connectivity index (χ1v) is 12.4. The topological polar surface area (TPSA) is 130 Å². The second kappa shape index (κ2) is 9.29. The summed E-state index contributed by atoms with van der Waals surface area (Å²) in [5.74, 6) is -0.936. The Kier molecular flexibility index (Phi) is 6.22. The lowest BCUT2D eigenvalue weighted by Crippen LogP contribution is -2.25. The van der Waals surface area contributed by atoms with Crippen molar-refractivity contribution in [3.05, 3.63) is 80.0 Å². The van der Waals surface area contributed by atoms with Crippen LogP contribution in [0.5, 0.6) is 0 Å². The standard InChI is InChI=1S/C28H28FN5O4/c1-14-19(12-31-26(37)23(14)33-25(36)15-5-6-15)18-7-8-30-24(20(18)13-35)34-27(38)22-16(11-32-34)9-17(10-21(22)29)28(2,3)4/h7-12,15,35H,5-6,13H2,1-4H3,(H,31,37)(H,33,36). The van der Waals surface area contributed by atoms with Crippen molar-refractivity contribution in [1.29, 1.82) is 0 Å². The predicted molar refractivity (Wildman–Crippen MR) is 142 cm³/mol. The lowest BCUT2D eigenvalue weighted by atomic mass is 9.86. The van der Waals surface area contributed by atoms with Gasteiger partial charge in [-0.1, -0.05) is 20.8 Å². The molecular weight excluding hydrogens is 489 g/mol. The van der Waals surface area contributed by atoms with E-state index in [1.807, 2.05) is 20.8 Å². The third-order valence-corrected chi connectivity index (χ3v) is 6.94. The monoisotopic (exact) mass is 517 g/mol. The van der Waals surface area contributed by atoms with Crippen LogP contribution in [0.1, 0.15) is 50.3 Å². The van der Waals surface area contributed by atoms with Crippen molar-refractivity contribution < 1.29 is 14.3 Å². The van der Waals surface area contributed by atoms with Gasteiger partial charge in [0.25, 0.3) is 11.1 Å². The Morgan fingerprint density at radius 1 is 1.24 bits per heavy atom. The summed E-state index contributed by atoms with van der Waals surface area (Å²) in [6, 6.07) is 4.73. The number of fused-ring (bicyclic) bond motifs is 1. The molecule has 1 aliphatic rings. The molecule has 3 heterocycles. The fraction of sp³-hybridized carbons (Fsp3) is 0.321. The average Bonchev–Trinajstić information content (AvgIpc) is 3.71. The summed E-state index contributed by atoms with van der Waals surface area (Å²) >= 11 is 0. The van der Waals surface area contributed by atoms with Crippen LogP contribution in [-0.4, -0.2) is 30.8 Å². The highest BCUT2D eigenvalue weighted by Crippen LogP contribution is 2.33. The first-order valence-electron chi connectivity index (χ1n) is 12.4. The summed E-state index contributed by atoms with van der Waals surface area (Å²) in [5.41, 5.74) is 1.12. The van der Waals surface area contributed by atoms with Crippen LogP contribution in [0.3, 0.4) is 0 Å². The first kappa shape index (κ1) is 25.5. The molecule has 0 spiro atoms. The van der Waals surface area contributed by atoms with Gasteiger partial charge in [0.1, 0.15) is 11.5 Å². The summed E-state index contributed by atoms with van der Waals surface area (Å²) < 4.78 is 16.1. The Morgan fingerprint density at radius 3 is 2.63 bits per heavy atom. The highest BCUT2D eigenvalue weighted by Gasteiger charge is 2.31. The number of aliphatic hydroxyl groups is 1. The molecule has 1 amide bonds. The quantitative estimate of drug-likeness (QED) is 0.370. The molecule has 10 heteroatoms. The van der Waals surface area contributed by atoms with Gasteiger partial charge in [0.15, 0.2) is 5.82 Å². The molecule has 4 aromatic rings. The van der Waals surface area contributed by atoms with Gasteiger partial charge < -0.3 is 15.4 Å². The zero-order chi connectivity index (χ0) is 27.4. The molecule has 196 valence electrons. The number of aliphatic hydroxyl groups excluding tert-OH is 1. The largest absolute Gasteiger partial charge is 0.392 e. The number of rotatable bonds is 5. The van der Waals surface area contributed by atoms with E-state index in [2.05, 4.69) is 20.4 Å². The second-order valence-electron chi connectivity index (χ2n) is 10.6. The Labute approximate surface area is 217 Å².